The second-order valence-electron chi connectivity index (χ2n) is 4.31. The molecule has 2 rings (SSSR count). The quantitative estimate of drug-likeness (QED) is 0.841. The third kappa shape index (κ3) is 2.85. The molecular weight excluding hydrogens is 262 g/mol. The van der Waals surface area contributed by atoms with Gasteiger partial charge in [0.2, 0.25) is 0 Å². The largest absolute Gasteiger partial charge is 0.398 e. The van der Waals surface area contributed by atoms with Crippen molar-refractivity contribution in [1.82, 2.24) is 4.98 Å². The number of aryl methyl sites for hydroxylation is 2. The van der Waals surface area contributed by atoms with Crippen LogP contribution in [0.4, 0.5) is 11.4 Å². The number of nitrogens with zero attached hydrogens (tertiary/aromatic N) is 1. The number of nitrogens with two attached hydrogens (primary N) is 1. The topological polar surface area (TPSA) is 85.1 Å². The zero-order valence-electron chi connectivity index (χ0n) is 10.7. The fourth-order valence-electron chi connectivity index (χ4n) is 1.56. The molecule has 0 aliphatic carbocycles. The van der Waals surface area contributed by atoms with Crippen LogP contribution in [0.3, 0.4) is 0 Å². The van der Waals surface area contributed by atoms with Gasteiger partial charge in [-0.05, 0) is 43.2 Å². The molecule has 5 nitrogen and oxygen atoms in total. The summed E-state index contributed by atoms with van der Waals surface area (Å²) in [5.74, 6) is 0. The highest BCUT2D eigenvalue weighted by Crippen LogP contribution is 2.21. The summed E-state index contributed by atoms with van der Waals surface area (Å²) in [5, 5.41) is 0. The van der Waals surface area contributed by atoms with Gasteiger partial charge < -0.3 is 5.73 Å². The van der Waals surface area contributed by atoms with Crippen LogP contribution in [0.2, 0.25) is 0 Å². The summed E-state index contributed by atoms with van der Waals surface area (Å²) in [5.41, 5.74) is 8.29. The molecule has 19 heavy (non-hydrogen) atoms. The van der Waals surface area contributed by atoms with Crippen LogP contribution in [-0.2, 0) is 10.0 Å². The average molecular weight is 277 g/mol. The number of aromatic nitrogens is 1. The number of anilines is 2. The summed E-state index contributed by atoms with van der Waals surface area (Å²) in [6.07, 6.45) is 3.08. The molecule has 3 N–H and O–H groups in total. The first-order valence-corrected chi connectivity index (χ1v) is 7.18. The van der Waals surface area contributed by atoms with E-state index in [2.05, 4.69) is 9.71 Å². The standard InChI is InChI=1S/C13H15N3O2S/c1-9-3-4-11(7-12(9)14)19(17,18)16-13-8-15-6-5-10(13)2/h3-8,16H,14H2,1-2H3. The first-order chi connectivity index (χ1) is 8.90. The molecule has 0 fully saturated rings. The highest BCUT2D eigenvalue weighted by atomic mass is 32.2. The van der Waals surface area contributed by atoms with Crippen LogP contribution in [0, 0.1) is 13.8 Å². The lowest BCUT2D eigenvalue weighted by atomic mass is 10.2. The highest BCUT2D eigenvalue weighted by Gasteiger charge is 2.16. The van der Waals surface area contributed by atoms with Gasteiger partial charge in [-0.2, -0.15) is 0 Å². The summed E-state index contributed by atoms with van der Waals surface area (Å²) in [7, 11) is -3.65. The summed E-state index contributed by atoms with van der Waals surface area (Å²) < 4.78 is 26.9. The van der Waals surface area contributed by atoms with Crippen LogP contribution in [0.15, 0.2) is 41.6 Å². The Balaban J connectivity index is 2.38. The molecule has 1 aromatic heterocycles. The van der Waals surface area contributed by atoms with Crippen LogP contribution < -0.4 is 10.5 Å². The molecule has 0 saturated carbocycles. The van der Waals surface area contributed by atoms with Gasteiger partial charge in [0.05, 0.1) is 16.8 Å². The predicted octanol–water partition coefficient (Wildman–Crippen LogP) is 2.08. The van der Waals surface area contributed by atoms with Crippen molar-refractivity contribution in [3.05, 3.63) is 47.8 Å². The Morgan fingerprint density at radius 3 is 2.53 bits per heavy atom. The van der Waals surface area contributed by atoms with Gasteiger partial charge in [-0.25, -0.2) is 8.42 Å². The zero-order valence-corrected chi connectivity index (χ0v) is 11.5. The van der Waals surface area contributed by atoms with Crippen LogP contribution >= 0.6 is 0 Å². The maximum absolute atomic E-state index is 12.2. The molecule has 1 aromatic carbocycles. The zero-order chi connectivity index (χ0) is 14.0. The molecule has 6 heteroatoms. The van der Waals surface area contributed by atoms with E-state index in [1.165, 1.54) is 18.3 Å². The first-order valence-electron chi connectivity index (χ1n) is 5.70. The lowest BCUT2D eigenvalue weighted by Gasteiger charge is -2.11. The summed E-state index contributed by atoms with van der Waals surface area (Å²) in [6.45, 7) is 3.63. The van der Waals surface area contributed by atoms with Gasteiger partial charge in [0.1, 0.15) is 0 Å². The third-order valence-corrected chi connectivity index (χ3v) is 4.21. The maximum atomic E-state index is 12.2. The molecule has 0 bridgehead atoms. The Morgan fingerprint density at radius 2 is 1.89 bits per heavy atom. The molecule has 2 aromatic rings. The number of hydrogen-bond donors (Lipinski definition) is 2. The van der Waals surface area contributed by atoms with E-state index in [1.807, 2.05) is 13.8 Å². The maximum Gasteiger partial charge on any atom is 0.262 e. The molecule has 0 atom stereocenters. The molecule has 100 valence electrons. The van der Waals surface area contributed by atoms with Crippen molar-refractivity contribution in [2.24, 2.45) is 0 Å². The molecule has 0 saturated heterocycles. The van der Waals surface area contributed by atoms with E-state index in [9.17, 15) is 8.42 Å². The van der Waals surface area contributed by atoms with Crippen molar-refractivity contribution >= 4 is 21.4 Å². The lowest BCUT2D eigenvalue weighted by Crippen LogP contribution is -2.14. The van der Waals surface area contributed by atoms with E-state index in [4.69, 9.17) is 5.73 Å². The smallest absolute Gasteiger partial charge is 0.262 e. The van der Waals surface area contributed by atoms with Gasteiger partial charge in [-0.1, -0.05) is 6.07 Å². The Bertz CT molecular complexity index is 712. The van der Waals surface area contributed by atoms with Gasteiger partial charge in [-0.15, -0.1) is 0 Å². The highest BCUT2D eigenvalue weighted by molar-refractivity contribution is 7.92. The number of rotatable bonds is 3. The molecule has 0 unspecified atom stereocenters. The molecule has 0 radical (unpaired) electrons. The van der Waals surface area contributed by atoms with Crippen molar-refractivity contribution in [2.75, 3.05) is 10.5 Å². The van der Waals surface area contributed by atoms with Crippen molar-refractivity contribution in [3.63, 3.8) is 0 Å². The minimum Gasteiger partial charge on any atom is -0.398 e. The Morgan fingerprint density at radius 1 is 1.16 bits per heavy atom. The number of pyridine rings is 1. The second-order valence-corrected chi connectivity index (χ2v) is 6.00. The second kappa shape index (κ2) is 4.89. The van der Waals surface area contributed by atoms with E-state index >= 15 is 0 Å². The summed E-state index contributed by atoms with van der Waals surface area (Å²) in [4.78, 5) is 4.04. The van der Waals surface area contributed by atoms with Crippen molar-refractivity contribution in [1.29, 1.82) is 0 Å². The van der Waals surface area contributed by atoms with E-state index in [-0.39, 0.29) is 4.90 Å². The predicted molar refractivity (Wildman–Crippen MR) is 75.4 cm³/mol. The van der Waals surface area contributed by atoms with Gasteiger partial charge >= 0.3 is 0 Å². The molecule has 0 aliphatic rings. The minimum absolute atomic E-state index is 0.138. The number of sulfonamides is 1. The normalized spacial score (nSPS) is 11.3. The number of nitrogen functional groups attached to an aromatic ring is 1. The van der Waals surface area contributed by atoms with Gasteiger partial charge in [0.25, 0.3) is 10.0 Å². The van der Waals surface area contributed by atoms with E-state index in [0.29, 0.717) is 11.4 Å². The number of benzene rings is 1. The molecular formula is C13H15N3O2S. The van der Waals surface area contributed by atoms with Crippen molar-refractivity contribution in [2.45, 2.75) is 18.7 Å². The van der Waals surface area contributed by atoms with Crippen molar-refractivity contribution in [3.8, 4) is 0 Å². The Kier molecular flexibility index (Phi) is 3.44. The third-order valence-electron chi connectivity index (χ3n) is 2.84. The van der Waals surface area contributed by atoms with E-state index in [0.717, 1.165) is 11.1 Å². The van der Waals surface area contributed by atoms with Crippen LogP contribution in [0.25, 0.3) is 0 Å². The van der Waals surface area contributed by atoms with Gasteiger partial charge in [-0.3, -0.25) is 9.71 Å². The molecule has 0 amide bonds. The van der Waals surface area contributed by atoms with Crippen LogP contribution in [0.1, 0.15) is 11.1 Å². The average Bonchev–Trinajstić information content (AvgIpc) is 2.35. The van der Waals surface area contributed by atoms with Gasteiger partial charge in [0.15, 0.2) is 0 Å². The fourth-order valence-corrected chi connectivity index (χ4v) is 2.71. The van der Waals surface area contributed by atoms with Crippen LogP contribution in [0.5, 0.6) is 0 Å². The monoisotopic (exact) mass is 277 g/mol. The van der Waals surface area contributed by atoms with E-state index < -0.39 is 10.0 Å². The fraction of sp³-hybridized carbons (Fsp3) is 0.154. The summed E-state index contributed by atoms with van der Waals surface area (Å²) >= 11 is 0. The van der Waals surface area contributed by atoms with Crippen molar-refractivity contribution < 1.29 is 8.42 Å². The lowest BCUT2D eigenvalue weighted by molar-refractivity contribution is 0.601. The first kappa shape index (κ1) is 13.4. The molecule has 0 aliphatic heterocycles. The van der Waals surface area contributed by atoms with Gasteiger partial charge in [0, 0.05) is 11.9 Å². The Hall–Kier alpha value is -2.08. The van der Waals surface area contributed by atoms with Crippen LogP contribution in [-0.4, -0.2) is 13.4 Å². The Labute approximate surface area is 112 Å². The summed E-state index contributed by atoms with van der Waals surface area (Å²) in [6, 6.07) is 6.39. The molecule has 0 spiro atoms. The number of hydrogen-bond acceptors (Lipinski definition) is 4. The van der Waals surface area contributed by atoms with E-state index in [1.54, 1.807) is 18.3 Å². The SMILES string of the molecule is Cc1ccc(S(=O)(=O)Nc2cnccc2C)cc1N. The molecule has 1 heterocycles. The number of nitrogens with one attached hydrogen (secondary N) is 1. The minimum atomic E-state index is -3.65.